The van der Waals surface area contributed by atoms with E-state index in [1.54, 1.807) is 48.4 Å². The van der Waals surface area contributed by atoms with Gasteiger partial charge in [-0.15, -0.1) is 0 Å². The van der Waals surface area contributed by atoms with E-state index in [9.17, 15) is 0 Å². The third kappa shape index (κ3) is 23.9. The SMILES string of the molecule is C[Si](C)(CCC[Si](C)(C)CCC[Si](C)(CCCBr)CCCBr)CCC[Si](C)(C)CCC[Si](C)(CCCBr)CCCBr. The first-order valence-electron chi connectivity index (χ1n) is 17.3. The van der Waals surface area contributed by atoms with Crippen molar-refractivity contribution in [2.24, 2.45) is 0 Å². The van der Waals surface area contributed by atoms with Gasteiger partial charge in [0.25, 0.3) is 0 Å². The van der Waals surface area contributed by atoms with Crippen LogP contribution in [0.25, 0.3) is 0 Å². The molecule has 0 N–H and O–H groups in total. The monoisotopic (exact) mass is 912 g/mol. The maximum absolute atomic E-state index is 3.69. The Bertz CT molecular complexity index is 578. The second-order valence-electron chi connectivity index (χ2n) is 16.7. The Morgan fingerprint density at radius 1 is 0.268 bits per heavy atom. The Kier molecular flexibility index (Phi) is 25.1. The van der Waals surface area contributed by atoms with Gasteiger partial charge in [-0.1, -0.05) is 214 Å². The number of hydrogen-bond acceptors (Lipinski definition) is 0. The van der Waals surface area contributed by atoms with E-state index in [0.717, 1.165) is 0 Å². The van der Waals surface area contributed by atoms with Crippen LogP contribution in [0.4, 0.5) is 0 Å². The predicted octanol–water partition coefficient (Wildman–Crippen LogP) is 15.0. The second kappa shape index (κ2) is 23.3. The maximum atomic E-state index is 3.69. The van der Waals surface area contributed by atoms with E-state index in [-0.39, 0.29) is 0 Å². The highest BCUT2D eigenvalue weighted by Gasteiger charge is 2.30. The van der Waals surface area contributed by atoms with Crippen LogP contribution in [0.3, 0.4) is 0 Å². The van der Waals surface area contributed by atoms with Gasteiger partial charge >= 0.3 is 0 Å². The third-order valence-electron chi connectivity index (χ3n) is 10.3. The van der Waals surface area contributed by atoms with Crippen LogP contribution in [0.1, 0.15) is 51.4 Å². The summed E-state index contributed by atoms with van der Waals surface area (Å²) in [5.74, 6) is 0. The molecule has 0 aromatic rings. The van der Waals surface area contributed by atoms with E-state index in [2.05, 4.69) is 116 Å². The molecule has 0 spiro atoms. The zero-order valence-corrected chi connectivity index (χ0v) is 40.3. The summed E-state index contributed by atoms with van der Waals surface area (Å²) in [4.78, 5) is 0. The highest BCUT2D eigenvalue weighted by molar-refractivity contribution is 9.09. The van der Waals surface area contributed by atoms with Crippen molar-refractivity contribution in [2.45, 2.75) is 176 Å². The van der Waals surface area contributed by atoms with Gasteiger partial charge in [0.15, 0.2) is 0 Å². The molecule has 41 heavy (non-hydrogen) atoms. The van der Waals surface area contributed by atoms with Gasteiger partial charge in [0.05, 0.1) is 16.1 Å². The summed E-state index contributed by atoms with van der Waals surface area (Å²) < 4.78 is 0. The Balaban J connectivity index is 4.47. The standard InChI is InChI=1S/C32H72Br4Si5/c1-37(2,21-13-23-38(3,4)25-15-31-40(7,27-9-17-33)28-10-18-34)22-14-24-39(5,6)26-16-32-41(8,29-11-19-35)30-12-20-36/h9-32H2,1-8H3. The number of alkyl halides is 4. The van der Waals surface area contributed by atoms with Crippen LogP contribution < -0.4 is 0 Å². The van der Waals surface area contributed by atoms with Crippen LogP contribution in [0, 0.1) is 0 Å². The average Bonchev–Trinajstić information content (AvgIpc) is 2.88. The lowest BCUT2D eigenvalue weighted by Gasteiger charge is -2.31. The van der Waals surface area contributed by atoms with Gasteiger partial charge in [-0.25, -0.2) is 0 Å². The topological polar surface area (TPSA) is 0 Å². The van der Waals surface area contributed by atoms with E-state index in [4.69, 9.17) is 0 Å². The molecule has 0 bridgehead atoms. The van der Waals surface area contributed by atoms with Crippen LogP contribution in [0.2, 0.25) is 125 Å². The molecule has 0 amide bonds. The number of hydrogen-bond donors (Lipinski definition) is 0. The summed E-state index contributed by atoms with van der Waals surface area (Å²) in [7, 11) is -5.21. The van der Waals surface area contributed by atoms with Crippen molar-refractivity contribution in [1.29, 1.82) is 0 Å². The summed E-state index contributed by atoms with van der Waals surface area (Å²) in [5, 5.41) is 4.78. The molecule has 0 aliphatic carbocycles. The Labute approximate surface area is 298 Å². The molecular weight excluding hydrogens is 844 g/mol. The van der Waals surface area contributed by atoms with Crippen molar-refractivity contribution in [3.8, 4) is 0 Å². The van der Waals surface area contributed by atoms with E-state index in [0.29, 0.717) is 0 Å². The molecule has 9 heteroatoms. The fourth-order valence-corrected chi connectivity index (χ4v) is 27.0. The zero-order chi connectivity index (χ0) is 31.5. The largest absolute Gasteiger partial charge is 0.0928 e. The van der Waals surface area contributed by atoms with Gasteiger partial charge in [-0.3, -0.25) is 0 Å². The fourth-order valence-electron chi connectivity index (χ4n) is 7.18. The zero-order valence-electron chi connectivity index (χ0n) is 29.0. The van der Waals surface area contributed by atoms with Crippen LogP contribution in [0.15, 0.2) is 0 Å². The fraction of sp³-hybridized carbons (Fsp3) is 1.00. The van der Waals surface area contributed by atoms with Crippen LogP contribution in [-0.4, -0.2) is 61.7 Å². The third-order valence-corrected chi connectivity index (χ3v) is 32.2. The predicted molar refractivity (Wildman–Crippen MR) is 225 cm³/mol. The van der Waals surface area contributed by atoms with Crippen LogP contribution >= 0.6 is 63.7 Å². The minimum absolute atomic E-state index is 1.04. The molecule has 0 radical (unpaired) electrons. The minimum Gasteiger partial charge on any atom is -0.0928 e. The summed E-state index contributed by atoms with van der Waals surface area (Å²) in [6, 6.07) is 18.8. The van der Waals surface area contributed by atoms with E-state index in [1.165, 1.54) is 96.9 Å². The van der Waals surface area contributed by atoms with Crippen LogP contribution in [0.5, 0.6) is 0 Å². The van der Waals surface area contributed by atoms with Crippen molar-refractivity contribution in [2.75, 3.05) is 21.3 Å². The smallest absolute Gasteiger partial charge is 0.0505 e. The molecule has 0 saturated carbocycles. The first-order valence-corrected chi connectivity index (χ1v) is 38.3. The van der Waals surface area contributed by atoms with Gasteiger partial charge in [0.1, 0.15) is 0 Å². The molecule has 0 aliphatic rings. The molecule has 248 valence electrons. The Morgan fingerprint density at radius 3 is 0.634 bits per heavy atom. The minimum atomic E-state index is -1.04. The lowest BCUT2D eigenvalue weighted by molar-refractivity contribution is 0.905. The van der Waals surface area contributed by atoms with E-state index in [1.807, 2.05) is 0 Å². The van der Waals surface area contributed by atoms with Crippen molar-refractivity contribution < 1.29 is 0 Å². The van der Waals surface area contributed by atoms with E-state index < -0.39 is 40.4 Å². The lowest BCUT2D eigenvalue weighted by atomic mass is 10.5. The highest BCUT2D eigenvalue weighted by Crippen LogP contribution is 2.34. The Morgan fingerprint density at radius 2 is 0.439 bits per heavy atom. The molecule has 0 heterocycles. The molecular formula is C32H72Br4Si5. The molecule has 0 saturated heterocycles. The molecule has 0 unspecified atom stereocenters. The summed E-state index contributed by atoms with van der Waals surface area (Å²) in [6.45, 7) is 21.7. The van der Waals surface area contributed by atoms with Crippen molar-refractivity contribution in [3.63, 3.8) is 0 Å². The van der Waals surface area contributed by atoms with Gasteiger partial charge in [-0.2, -0.15) is 0 Å². The molecule has 0 nitrogen and oxygen atoms in total. The summed E-state index contributed by atoms with van der Waals surface area (Å²) in [5.41, 5.74) is 0. The number of rotatable bonds is 28. The van der Waals surface area contributed by atoms with Crippen LogP contribution in [-0.2, 0) is 0 Å². The van der Waals surface area contributed by atoms with Gasteiger partial charge in [-0.05, 0) is 25.7 Å². The second-order valence-corrected chi connectivity index (χ2v) is 46.1. The molecule has 0 aliphatic heterocycles. The average molecular weight is 917 g/mol. The normalized spacial score (nSPS) is 13.8. The highest BCUT2D eigenvalue weighted by atomic mass is 79.9. The molecule has 0 atom stereocenters. The quantitative estimate of drug-likeness (QED) is 0.0542. The van der Waals surface area contributed by atoms with E-state index >= 15 is 0 Å². The van der Waals surface area contributed by atoms with Gasteiger partial charge in [0.2, 0.25) is 0 Å². The van der Waals surface area contributed by atoms with Crippen molar-refractivity contribution in [3.05, 3.63) is 0 Å². The molecule has 0 aromatic heterocycles. The molecule has 0 rings (SSSR count). The maximum Gasteiger partial charge on any atom is 0.0505 e. The molecule has 0 fully saturated rings. The summed E-state index contributed by atoms with van der Waals surface area (Å²) in [6.07, 6.45) is 11.7. The lowest BCUT2D eigenvalue weighted by Crippen LogP contribution is -2.33. The molecule has 0 aromatic carbocycles. The first-order chi connectivity index (χ1) is 19.1. The summed E-state index contributed by atoms with van der Waals surface area (Å²) >= 11 is 14.8. The van der Waals surface area contributed by atoms with Gasteiger partial charge < -0.3 is 0 Å². The van der Waals surface area contributed by atoms with Crippen molar-refractivity contribution >= 4 is 104 Å². The Hall–Kier alpha value is 3.00. The van der Waals surface area contributed by atoms with Gasteiger partial charge in [0, 0.05) is 45.5 Å². The van der Waals surface area contributed by atoms with Crippen molar-refractivity contribution in [1.82, 2.24) is 0 Å². The number of halogens is 4. The first kappa shape index (κ1) is 44.0.